The minimum absolute atomic E-state index is 0.0703. The third kappa shape index (κ3) is 3.85. The number of methoxy groups -OCH3 is 2. The van der Waals surface area contributed by atoms with Crippen LogP contribution in [0.3, 0.4) is 0 Å². The molecule has 2 amide bonds. The lowest BCUT2D eigenvalue weighted by atomic mass is 10.0. The molecule has 7 heteroatoms. The zero-order valence-electron chi connectivity index (χ0n) is 17.5. The first-order valence-electron chi connectivity index (χ1n) is 10.2. The van der Waals surface area contributed by atoms with Gasteiger partial charge in [-0.3, -0.25) is 9.59 Å². The summed E-state index contributed by atoms with van der Waals surface area (Å²) < 4.78 is 10.4. The van der Waals surface area contributed by atoms with Gasteiger partial charge >= 0.3 is 0 Å². The van der Waals surface area contributed by atoms with Crippen LogP contribution in [0.4, 0.5) is 5.69 Å². The summed E-state index contributed by atoms with van der Waals surface area (Å²) in [4.78, 5) is 32.0. The van der Waals surface area contributed by atoms with E-state index in [4.69, 9.17) is 9.47 Å². The highest BCUT2D eigenvalue weighted by molar-refractivity contribution is 6.09. The average molecular weight is 409 g/mol. The molecule has 0 atom stereocenters. The molecule has 2 aromatic rings. The van der Waals surface area contributed by atoms with E-state index >= 15 is 0 Å². The Kier molecular flexibility index (Phi) is 5.90. The molecular weight excluding hydrogens is 382 g/mol. The van der Waals surface area contributed by atoms with Gasteiger partial charge in [0.25, 0.3) is 11.8 Å². The summed E-state index contributed by atoms with van der Waals surface area (Å²) in [6.45, 7) is 4.24. The normalized spacial score (nSPS) is 16.1. The summed E-state index contributed by atoms with van der Waals surface area (Å²) in [6, 6.07) is 13.5. The highest BCUT2D eigenvalue weighted by atomic mass is 16.5. The summed E-state index contributed by atoms with van der Waals surface area (Å²) in [5.74, 6) is 0.669. The zero-order valence-corrected chi connectivity index (χ0v) is 17.5. The Labute approximate surface area is 176 Å². The molecular formula is C23H27N3O4. The van der Waals surface area contributed by atoms with Crippen LogP contribution in [0.5, 0.6) is 5.75 Å². The predicted octanol–water partition coefficient (Wildman–Crippen LogP) is 2.26. The topological polar surface area (TPSA) is 62.3 Å². The van der Waals surface area contributed by atoms with Gasteiger partial charge in [0.2, 0.25) is 0 Å². The van der Waals surface area contributed by atoms with Crippen LogP contribution >= 0.6 is 0 Å². The Morgan fingerprint density at radius 1 is 1.03 bits per heavy atom. The van der Waals surface area contributed by atoms with E-state index < -0.39 is 0 Å². The first-order valence-corrected chi connectivity index (χ1v) is 10.2. The second-order valence-electron chi connectivity index (χ2n) is 7.54. The summed E-state index contributed by atoms with van der Waals surface area (Å²) in [5.41, 5.74) is 3.06. The molecule has 1 fully saturated rings. The standard InChI is InChI=1S/C23H27N3O4/c1-29-14-13-26-16-17-5-3-8-20(21(17)23(26)28)22(27)25-11-9-24(10-12-25)18-6-4-7-19(15-18)30-2/h3-8,15H,9-14,16H2,1-2H3. The van der Waals surface area contributed by atoms with Gasteiger partial charge in [0.05, 0.1) is 24.8 Å². The van der Waals surface area contributed by atoms with Gasteiger partial charge in [-0.05, 0) is 23.8 Å². The molecule has 2 aliphatic rings. The summed E-state index contributed by atoms with van der Waals surface area (Å²) in [6.07, 6.45) is 0. The van der Waals surface area contributed by atoms with Gasteiger partial charge in [0.1, 0.15) is 5.75 Å². The minimum Gasteiger partial charge on any atom is -0.497 e. The van der Waals surface area contributed by atoms with Crippen LogP contribution in [0.2, 0.25) is 0 Å². The number of hydrogen-bond acceptors (Lipinski definition) is 5. The number of hydrogen-bond donors (Lipinski definition) is 0. The SMILES string of the molecule is COCCN1Cc2cccc(C(=O)N3CCN(c4cccc(OC)c4)CC3)c2C1=O. The number of amides is 2. The number of fused-ring (bicyclic) bond motifs is 1. The van der Waals surface area contributed by atoms with Crippen LogP contribution in [0.25, 0.3) is 0 Å². The number of piperazine rings is 1. The highest BCUT2D eigenvalue weighted by Gasteiger charge is 2.33. The third-order valence-corrected chi connectivity index (χ3v) is 5.79. The summed E-state index contributed by atoms with van der Waals surface area (Å²) in [5, 5.41) is 0. The van der Waals surface area contributed by atoms with Gasteiger partial charge in [-0.15, -0.1) is 0 Å². The number of nitrogens with zero attached hydrogens (tertiary/aromatic N) is 3. The van der Waals surface area contributed by atoms with Crippen LogP contribution < -0.4 is 9.64 Å². The van der Waals surface area contributed by atoms with Crippen molar-refractivity contribution in [2.75, 3.05) is 58.5 Å². The fourth-order valence-corrected chi connectivity index (χ4v) is 4.13. The van der Waals surface area contributed by atoms with E-state index in [1.807, 2.05) is 35.2 Å². The number of ether oxygens (including phenoxy) is 2. The van der Waals surface area contributed by atoms with Crippen LogP contribution in [0.15, 0.2) is 42.5 Å². The molecule has 2 aliphatic heterocycles. The van der Waals surface area contributed by atoms with Crippen molar-refractivity contribution in [2.45, 2.75) is 6.54 Å². The second kappa shape index (κ2) is 8.75. The largest absolute Gasteiger partial charge is 0.497 e. The molecule has 0 radical (unpaired) electrons. The summed E-state index contributed by atoms with van der Waals surface area (Å²) in [7, 11) is 3.28. The maximum absolute atomic E-state index is 13.3. The predicted molar refractivity (Wildman–Crippen MR) is 114 cm³/mol. The lowest BCUT2D eigenvalue weighted by Gasteiger charge is -2.36. The molecule has 0 unspecified atom stereocenters. The second-order valence-corrected chi connectivity index (χ2v) is 7.54. The molecule has 158 valence electrons. The van der Waals surface area contributed by atoms with Gasteiger partial charge in [0, 0.05) is 58.1 Å². The maximum Gasteiger partial charge on any atom is 0.255 e. The lowest BCUT2D eigenvalue weighted by molar-refractivity contribution is 0.0697. The molecule has 0 aliphatic carbocycles. The van der Waals surface area contributed by atoms with Crippen molar-refractivity contribution < 1.29 is 19.1 Å². The molecule has 0 saturated carbocycles. The zero-order chi connectivity index (χ0) is 21.1. The van der Waals surface area contributed by atoms with E-state index in [-0.39, 0.29) is 11.8 Å². The maximum atomic E-state index is 13.3. The first kappa shape index (κ1) is 20.2. The van der Waals surface area contributed by atoms with Crippen molar-refractivity contribution in [3.63, 3.8) is 0 Å². The number of anilines is 1. The monoisotopic (exact) mass is 409 g/mol. The molecule has 2 heterocycles. The molecule has 4 rings (SSSR count). The molecule has 1 saturated heterocycles. The Morgan fingerprint density at radius 3 is 2.53 bits per heavy atom. The Balaban J connectivity index is 1.46. The quantitative estimate of drug-likeness (QED) is 0.732. The Hall–Kier alpha value is -3.06. The summed E-state index contributed by atoms with van der Waals surface area (Å²) >= 11 is 0. The number of carbonyl (C=O) groups is 2. The number of rotatable bonds is 6. The fraction of sp³-hybridized carbons (Fsp3) is 0.391. The average Bonchev–Trinajstić information content (AvgIpc) is 3.13. The van der Waals surface area contributed by atoms with Crippen molar-refractivity contribution >= 4 is 17.5 Å². The lowest BCUT2D eigenvalue weighted by Crippen LogP contribution is -2.49. The Bertz CT molecular complexity index is 938. The van der Waals surface area contributed by atoms with E-state index in [1.165, 1.54) is 0 Å². The molecule has 0 aromatic heterocycles. The van der Waals surface area contributed by atoms with Crippen LogP contribution in [-0.2, 0) is 11.3 Å². The Morgan fingerprint density at radius 2 is 1.80 bits per heavy atom. The molecule has 30 heavy (non-hydrogen) atoms. The molecule has 0 N–H and O–H groups in total. The van der Waals surface area contributed by atoms with Gasteiger partial charge in [-0.2, -0.15) is 0 Å². The molecule has 0 spiro atoms. The van der Waals surface area contributed by atoms with Crippen molar-refractivity contribution in [1.82, 2.24) is 9.80 Å². The molecule has 7 nitrogen and oxygen atoms in total. The van der Waals surface area contributed by atoms with Crippen molar-refractivity contribution in [2.24, 2.45) is 0 Å². The van der Waals surface area contributed by atoms with Crippen molar-refractivity contribution in [3.8, 4) is 5.75 Å². The van der Waals surface area contributed by atoms with Gasteiger partial charge in [0.15, 0.2) is 0 Å². The molecule has 2 aromatic carbocycles. The van der Waals surface area contributed by atoms with E-state index in [0.29, 0.717) is 43.9 Å². The van der Waals surface area contributed by atoms with Crippen LogP contribution in [-0.4, -0.2) is 75.2 Å². The number of carbonyl (C=O) groups excluding carboxylic acids is 2. The smallest absolute Gasteiger partial charge is 0.255 e. The fourth-order valence-electron chi connectivity index (χ4n) is 4.13. The van der Waals surface area contributed by atoms with E-state index in [1.54, 1.807) is 25.2 Å². The van der Waals surface area contributed by atoms with Crippen LogP contribution in [0, 0.1) is 0 Å². The third-order valence-electron chi connectivity index (χ3n) is 5.79. The van der Waals surface area contributed by atoms with Gasteiger partial charge in [-0.1, -0.05) is 18.2 Å². The van der Waals surface area contributed by atoms with Crippen molar-refractivity contribution in [3.05, 3.63) is 59.2 Å². The highest BCUT2D eigenvalue weighted by Crippen LogP contribution is 2.28. The van der Waals surface area contributed by atoms with Crippen LogP contribution in [0.1, 0.15) is 26.3 Å². The van der Waals surface area contributed by atoms with E-state index in [0.717, 1.165) is 30.1 Å². The minimum atomic E-state index is -0.0824. The molecule has 0 bridgehead atoms. The van der Waals surface area contributed by atoms with Crippen molar-refractivity contribution in [1.29, 1.82) is 0 Å². The number of benzene rings is 2. The first-order chi connectivity index (χ1) is 14.6. The van der Waals surface area contributed by atoms with E-state index in [2.05, 4.69) is 11.0 Å². The van der Waals surface area contributed by atoms with Gasteiger partial charge in [-0.25, -0.2) is 0 Å². The van der Waals surface area contributed by atoms with E-state index in [9.17, 15) is 9.59 Å². The van der Waals surface area contributed by atoms with Gasteiger partial charge < -0.3 is 24.2 Å².